The molecule has 0 bridgehead atoms. The average Bonchev–Trinajstić information content (AvgIpc) is 3.31. The lowest BCUT2D eigenvalue weighted by Gasteiger charge is -2.04. The maximum absolute atomic E-state index is 12.6. The van der Waals surface area contributed by atoms with Gasteiger partial charge in [0.1, 0.15) is 0 Å². The zero-order valence-corrected chi connectivity index (χ0v) is 18.9. The van der Waals surface area contributed by atoms with Crippen molar-refractivity contribution in [2.45, 2.75) is 6.54 Å². The molecule has 2 heterocycles. The van der Waals surface area contributed by atoms with Gasteiger partial charge in [0.2, 0.25) is 0 Å². The lowest BCUT2D eigenvalue weighted by Crippen LogP contribution is -2.13. The third-order valence-corrected chi connectivity index (χ3v) is 5.68. The first kappa shape index (κ1) is 20.9. The number of hydrogen-bond acceptors (Lipinski definition) is 4. The lowest BCUT2D eigenvalue weighted by molar-refractivity contribution is 0.101. The number of carbonyl (C=O) groups is 1. The van der Waals surface area contributed by atoms with Gasteiger partial charge >= 0.3 is 0 Å². The van der Waals surface area contributed by atoms with Gasteiger partial charge in [0.25, 0.3) is 5.91 Å². The topological polar surface area (TPSA) is 73.0 Å². The van der Waals surface area contributed by atoms with Crippen LogP contribution in [0.3, 0.4) is 0 Å². The van der Waals surface area contributed by atoms with Crippen molar-refractivity contribution >= 4 is 62.5 Å². The summed E-state index contributed by atoms with van der Waals surface area (Å²) in [5.74, 6) is 0.227. The summed E-state index contributed by atoms with van der Waals surface area (Å²) in [5, 5.41) is 12.5. The molecule has 10 heteroatoms. The Bertz CT molecular complexity index is 1240. The minimum absolute atomic E-state index is 0.0866. The summed E-state index contributed by atoms with van der Waals surface area (Å²) < 4.78 is 7.55. The Hall–Kier alpha value is -2.32. The van der Waals surface area contributed by atoms with E-state index in [4.69, 9.17) is 39.3 Å². The van der Waals surface area contributed by atoms with Crippen LogP contribution in [0, 0.1) is 0 Å². The SMILES string of the molecule is O=C(Nc1nn(Cc2ccccc2Cl)cc1Br)c1cc(-c2ccc(Cl)cc2Cl)on1. The van der Waals surface area contributed by atoms with Gasteiger partial charge in [-0.3, -0.25) is 9.48 Å². The fourth-order valence-corrected chi connectivity index (χ4v) is 3.85. The zero-order chi connectivity index (χ0) is 21.3. The number of nitrogens with zero attached hydrogens (tertiary/aromatic N) is 3. The molecule has 152 valence electrons. The molecule has 0 saturated heterocycles. The van der Waals surface area contributed by atoms with Gasteiger partial charge in [-0.2, -0.15) is 5.10 Å². The molecule has 0 fully saturated rings. The monoisotopic (exact) mass is 524 g/mol. The predicted molar refractivity (Wildman–Crippen MR) is 120 cm³/mol. The summed E-state index contributed by atoms with van der Waals surface area (Å²) >= 11 is 21.7. The second-order valence-electron chi connectivity index (χ2n) is 6.27. The van der Waals surface area contributed by atoms with Crippen LogP contribution in [0.5, 0.6) is 0 Å². The third-order valence-electron chi connectivity index (χ3n) is 4.18. The van der Waals surface area contributed by atoms with E-state index in [-0.39, 0.29) is 5.69 Å². The van der Waals surface area contributed by atoms with E-state index in [9.17, 15) is 4.79 Å². The first-order valence-corrected chi connectivity index (χ1v) is 10.5. The molecule has 0 atom stereocenters. The molecule has 2 aromatic heterocycles. The maximum atomic E-state index is 12.6. The van der Waals surface area contributed by atoms with Crippen LogP contribution in [-0.4, -0.2) is 20.8 Å². The van der Waals surface area contributed by atoms with Gasteiger partial charge in [0.05, 0.1) is 16.0 Å². The van der Waals surface area contributed by atoms with E-state index in [2.05, 4.69) is 31.5 Å². The van der Waals surface area contributed by atoms with Gasteiger partial charge in [-0.25, -0.2) is 0 Å². The van der Waals surface area contributed by atoms with E-state index in [1.807, 2.05) is 24.3 Å². The zero-order valence-electron chi connectivity index (χ0n) is 15.1. The molecule has 0 unspecified atom stereocenters. The van der Waals surface area contributed by atoms with Crippen molar-refractivity contribution in [3.05, 3.63) is 85.5 Å². The molecule has 6 nitrogen and oxygen atoms in total. The molecule has 4 aromatic rings. The number of anilines is 1. The smallest absolute Gasteiger partial charge is 0.279 e. The Labute approximate surface area is 194 Å². The van der Waals surface area contributed by atoms with Crippen molar-refractivity contribution in [2.24, 2.45) is 0 Å². The van der Waals surface area contributed by atoms with Crippen LogP contribution in [0.1, 0.15) is 16.1 Å². The first-order valence-electron chi connectivity index (χ1n) is 8.60. The molecule has 0 saturated carbocycles. The van der Waals surface area contributed by atoms with Crippen LogP contribution < -0.4 is 5.32 Å². The quantitative estimate of drug-likeness (QED) is 0.320. The van der Waals surface area contributed by atoms with Crippen LogP contribution >= 0.6 is 50.7 Å². The Kier molecular flexibility index (Phi) is 6.15. The fourth-order valence-electron chi connectivity index (χ4n) is 2.73. The van der Waals surface area contributed by atoms with Crippen molar-refractivity contribution in [1.29, 1.82) is 0 Å². The second-order valence-corrected chi connectivity index (χ2v) is 8.37. The Morgan fingerprint density at radius 2 is 1.90 bits per heavy atom. The maximum Gasteiger partial charge on any atom is 0.279 e. The highest BCUT2D eigenvalue weighted by molar-refractivity contribution is 9.10. The van der Waals surface area contributed by atoms with Crippen molar-refractivity contribution in [2.75, 3.05) is 5.32 Å². The highest BCUT2D eigenvalue weighted by atomic mass is 79.9. The molecule has 0 aliphatic rings. The predicted octanol–water partition coefficient (Wildman–Crippen LogP) is 6.56. The van der Waals surface area contributed by atoms with Crippen LogP contribution in [0.25, 0.3) is 11.3 Å². The van der Waals surface area contributed by atoms with Crippen LogP contribution in [0.2, 0.25) is 15.1 Å². The van der Waals surface area contributed by atoms with E-state index in [0.29, 0.717) is 43.2 Å². The molecular formula is C20H12BrCl3N4O2. The first-order chi connectivity index (χ1) is 14.4. The molecular weight excluding hydrogens is 515 g/mol. The van der Waals surface area contributed by atoms with Crippen molar-refractivity contribution < 1.29 is 9.32 Å². The number of halogens is 4. The van der Waals surface area contributed by atoms with Gasteiger partial charge in [0.15, 0.2) is 17.3 Å². The molecule has 30 heavy (non-hydrogen) atoms. The summed E-state index contributed by atoms with van der Waals surface area (Å²) in [6, 6.07) is 13.9. The summed E-state index contributed by atoms with van der Waals surface area (Å²) in [5.41, 5.74) is 1.58. The van der Waals surface area contributed by atoms with Crippen molar-refractivity contribution in [3.63, 3.8) is 0 Å². The average molecular weight is 527 g/mol. The standard InChI is InChI=1S/C20H12BrCl3N4O2/c21-14-10-28(9-11-3-1-2-4-15(11)23)26-19(14)25-20(29)17-8-18(30-27-17)13-6-5-12(22)7-16(13)24/h1-8,10H,9H2,(H,25,26,29). The molecule has 1 N–H and O–H groups in total. The fraction of sp³-hybridized carbons (Fsp3) is 0.0500. The summed E-state index contributed by atoms with van der Waals surface area (Å²) in [6.45, 7) is 0.456. The molecule has 0 spiro atoms. The Balaban J connectivity index is 1.50. The number of benzene rings is 2. The highest BCUT2D eigenvalue weighted by Gasteiger charge is 2.18. The van der Waals surface area contributed by atoms with Crippen molar-refractivity contribution in [1.82, 2.24) is 14.9 Å². The number of amides is 1. The number of carbonyl (C=O) groups excluding carboxylic acids is 1. The minimum Gasteiger partial charge on any atom is -0.355 e. The summed E-state index contributed by atoms with van der Waals surface area (Å²) in [7, 11) is 0. The molecule has 2 aromatic carbocycles. The third kappa shape index (κ3) is 4.54. The molecule has 0 aliphatic heterocycles. The number of aromatic nitrogens is 3. The second kappa shape index (κ2) is 8.81. The summed E-state index contributed by atoms with van der Waals surface area (Å²) in [6.07, 6.45) is 1.75. The van der Waals surface area contributed by atoms with Crippen LogP contribution in [0.15, 0.2) is 63.7 Å². The summed E-state index contributed by atoms with van der Waals surface area (Å²) in [4.78, 5) is 12.6. The van der Waals surface area contributed by atoms with E-state index in [1.54, 1.807) is 29.1 Å². The Morgan fingerprint density at radius 3 is 2.67 bits per heavy atom. The Morgan fingerprint density at radius 1 is 1.10 bits per heavy atom. The number of hydrogen-bond donors (Lipinski definition) is 1. The normalized spacial score (nSPS) is 10.9. The van der Waals surface area contributed by atoms with Gasteiger partial charge in [0, 0.05) is 27.9 Å². The van der Waals surface area contributed by atoms with Gasteiger partial charge in [-0.1, -0.05) is 58.2 Å². The number of rotatable bonds is 5. The minimum atomic E-state index is -0.473. The lowest BCUT2D eigenvalue weighted by atomic mass is 10.1. The van der Waals surface area contributed by atoms with Crippen LogP contribution in [0.4, 0.5) is 5.82 Å². The largest absolute Gasteiger partial charge is 0.355 e. The number of nitrogens with one attached hydrogen (secondary N) is 1. The molecule has 0 aliphatic carbocycles. The van der Waals surface area contributed by atoms with E-state index >= 15 is 0 Å². The molecule has 4 rings (SSSR count). The van der Waals surface area contributed by atoms with E-state index < -0.39 is 5.91 Å². The highest BCUT2D eigenvalue weighted by Crippen LogP contribution is 2.31. The molecule has 1 amide bonds. The van der Waals surface area contributed by atoms with Gasteiger partial charge < -0.3 is 9.84 Å². The van der Waals surface area contributed by atoms with Crippen LogP contribution in [-0.2, 0) is 6.54 Å². The van der Waals surface area contributed by atoms with E-state index in [1.165, 1.54) is 6.07 Å². The van der Waals surface area contributed by atoms with Gasteiger partial charge in [-0.15, -0.1) is 0 Å². The van der Waals surface area contributed by atoms with E-state index in [0.717, 1.165) is 5.56 Å². The van der Waals surface area contributed by atoms with Gasteiger partial charge in [-0.05, 0) is 45.8 Å². The molecule has 0 radical (unpaired) electrons. The van der Waals surface area contributed by atoms with Crippen molar-refractivity contribution in [3.8, 4) is 11.3 Å².